The summed E-state index contributed by atoms with van der Waals surface area (Å²) in [5, 5.41) is 4.49. The van der Waals surface area contributed by atoms with E-state index in [1.807, 2.05) is 18.2 Å². The zero-order valence-electron chi connectivity index (χ0n) is 16.6. The largest absolute Gasteiger partial charge is 0.386 e. The van der Waals surface area contributed by atoms with E-state index in [2.05, 4.69) is 28.1 Å². The number of oxime groups is 1. The molecule has 0 N–H and O–H groups in total. The van der Waals surface area contributed by atoms with Crippen LogP contribution in [0.5, 0.6) is 0 Å². The fraction of sp³-hybridized carbons (Fsp3) is 0.435. The number of benzene rings is 2. The summed E-state index contributed by atoms with van der Waals surface area (Å²) < 4.78 is 28.4. The summed E-state index contributed by atoms with van der Waals surface area (Å²) in [7, 11) is 2.11. The van der Waals surface area contributed by atoms with Crippen LogP contribution >= 0.6 is 0 Å². The van der Waals surface area contributed by atoms with E-state index in [0.29, 0.717) is 5.56 Å². The van der Waals surface area contributed by atoms with E-state index in [4.69, 9.17) is 4.84 Å². The molecule has 3 aliphatic heterocycles. The first-order valence-corrected chi connectivity index (χ1v) is 10.3. The highest BCUT2D eigenvalue weighted by Crippen LogP contribution is 2.41. The lowest BCUT2D eigenvalue weighted by atomic mass is 9.85. The summed E-state index contributed by atoms with van der Waals surface area (Å²) in [5.74, 6) is -0.223. The van der Waals surface area contributed by atoms with Crippen LogP contribution in [0.4, 0.5) is 8.78 Å². The molecule has 0 saturated carbocycles. The van der Waals surface area contributed by atoms with Crippen molar-refractivity contribution in [2.24, 2.45) is 5.16 Å². The molecule has 2 aromatic rings. The van der Waals surface area contributed by atoms with E-state index in [1.54, 1.807) is 6.07 Å². The second kappa shape index (κ2) is 7.10. The molecule has 0 unspecified atom stereocenters. The maximum atomic E-state index is 14.8. The molecule has 6 heteroatoms. The van der Waals surface area contributed by atoms with Crippen molar-refractivity contribution >= 4 is 5.84 Å². The van der Waals surface area contributed by atoms with Crippen LogP contribution in [0.15, 0.2) is 47.6 Å². The van der Waals surface area contributed by atoms with Gasteiger partial charge in [0.15, 0.2) is 5.60 Å². The lowest BCUT2D eigenvalue weighted by Gasteiger charge is -2.40. The number of nitrogens with zero attached hydrogens (tertiary/aromatic N) is 3. The van der Waals surface area contributed by atoms with E-state index in [1.165, 1.54) is 11.6 Å². The fourth-order valence-electron chi connectivity index (χ4n) is 5.10. The number of piperidine rings is 1. The van der Waals surface area contributed by atoms with Gasteiger partial charge in [-0.3, -0.25) is 0 Å². The average Bonchev–Trinajstić information content (AvgIpc) is 3.10. The summed E-state index contributed by atoms with van der Waals surface area (Å²) in [6.45, 7) is 2.65. The number of hydrogen-bond donors (Lipinski definition) is 0. The first-order chi connectivity index (χ1) is 14.0. The lowest BCUT2D eigenvalue weighted by molar-refractivity contribution is -0.0631. The van der Waals surface area contributed by atoms with Gasteiger partial charge in [-0.25, -0.2) is 8.78 Å². The third kappa shape index (κ3) is 3.29. The Morgan fingerprint density at radius 3 is 2.79 bits per heavy atom. The van der Waals surface area contributed by atoms with E-state index in [0.717, 1.165) is 62.8 Å². The molecule has 1 fully saturated rings. The Hall–Kier alpha value is -2.47. The molecule has 0 bridgehead atoms. The van der Waals surface area contributed by atoms with Crippen LogP contribution in [0.3, 0.4) is 0 Å². The SMILES string of the molecule is CN1CCC[C@@]2(CC(N3CCc4ccccc4[C@@H]3c3ccc(F)cc3F)=NO2)C1. The van der Waals surface area contributed by atoms with Gasteiger partial charge in [-0.05, 0) is 50.0 Å². The van der Waals surface area contributed by atoms with E-state index in [9.17, 15) is 8.78 Å². The van der Waals surface area contributed by atoms with Crippen molar-refractivity contribution in [3.8, 4) is 0 Å². The van der Waals surface area contributed by atoms with Gasteiger partial charge in [-0.15, -0.1) is 0 Å². The van der Waals surface area contributed by atoms with Crippen LogP contribution in [0, 0.1) is 11.6 Å². The van der Waals surface area contributed by atoms with Crippen molar-refractivity contribution in [1.29, 1.82) is 0 Å². The monoisotopic (exact) mass is 397 g/mol. The van der Waals surface area contributed by atoms with Gasteiger partial charge < -0.3 is 14.6 Å². The first-order valence-electron chi connectivity index (χ1n) is 10.3. The van der Waals surface area contributed by atoms with Crippen molar-refractivity contribution in [1.82, 2.24) is 9.80 Å². The van der Waals surface area contributed by atoms with Crippen LogP contribution < -0.4 is 0 Å². The predicted molar refractivity (Wildman–Crippen MR) is 108 cm³/mol. The Balaban J connectivity index is 1.52. The molecule has 3 heterocycles. The Labute approximate surface area is 169 Å². The topological polar surface area (TPSA) is 28.1 Å². The van der Waals surface area contributed by atoms with Crippen molar-refractivity contribution in [3.63, 3.8) is 0 Å². The maximum absolute atomic E-state index is 14.8. The van der Waals surface area contributed by atoms with Gasteiger partial charge in [0.1, 0.15) is 17.5 Å². The zero-order valence-corrected chi connectivity index (χ0v) is 16.6. The summed E-state index contributed by atoms with van der Waals surface area (Å²) in [5.41, 5.74) is 2.44. The number of likely N-dealkylation sites (tertiary alicyclic amines) is 1. The van der Waals surface area contributed by atoms with Crippen molar-refractivity contribution < 1.29 is 13.6 Å². The van der Waals surface area contributed by atoms with Crippen LogP contribution in [-0.4, -0.2) is 47.9 Å². The van der Waals surface area contributed by atoms with Gasteiger partial charge in [0, 0.05) is 24.7 Å². The molecule has 2 atom stereocenters. The molecule has 0 radical (unpaired) electrons. The Morgan fingerprint density at radius 2 is 1.97 bits per heavy atom. The summed E-state index contributed by atoms with van der Waals surface area (Å²) in [6, 6.07) is 11.6. The molecule has 152 valence electrons. The highest BCUT2D eigenvalue weighted by atomic mass is 19.1. The van der Waals surface area contributed by atoms with Crippen LogP contribution in [0.1, 0.15) is 42.0 Å². The predicted octanol–water partition coefficient (Wildman–Crippen LogP) is 4.11. The number of amidine groups is 1. The minimum atomic E-state index is -0.562. The van der Waals surface area contributed by atoms with Gasteiger partial charge in [0.05, 0.1) is 12.5 Å². The molecule has 1 spiro atoms. The first kappa shape index (κ1) is 18.6. The molecule has 0 aromatic heterocycles. The minimum absolute atomic E-state index is 0.287. The second-order valence-electron chi connectivity index (χ2n) is 8.51. The third-order valence-electron chi connectivity index (χ3n) is 6.43. The number of fused-ring (bicyclic) bond motifs is 1. The van der Waals surface area contributed by atoms with Crippen LogP contribution in [0.25, 0.3) is 0 Å². The number of halogens is 2. The molecular weight excluding hydrogens is 372 g/mol. The molecule has 3 aliphatic rings. The van der Waals surface area contributed by atoms with Crippen molar-refractivity contribution in [2.75, 3.05) is 26.7 Å². The lowest BCUT2D eigenvalue weighted by Crippen LogP contribution is -2.48. The van der Waals surface area contributed by atoms with Crippen molar-refractivity contribution in [2.45, 2.75) is 37.3 Å². The molecule has 4 nitrogen and oxygen atoms in total. The van der Waals surface area contributed by atoms with Crippen molar-refractivity contribution in [3.05, 3.63) is 70.8 Å². The highest BCUT2D eigenvalue weighted by molar-refractivity contribution is 5.85. The van der Waals surface area contributed by atoms with Gasteiger partial charge >= 0.3 is 0 Å². The fourth-order valence-corrected chi connectivity index (χ4v) is 5.10. The molecule has 29 heavy (non-hydrogen) atoms. The van der Waals surface area contributed by atoms with Crippen LogP contribution in [0.2, 0.25) is 0 Å². The summed E-state index contributed by atoms with van der Waals surface area (Å²) in [4.78, 5) is 10.4. The summed E-state index contributed by atoms with van der Waals surface area (Å²) in [6.07, 6.45) is 3.64. The van der Waals surface area contributed by atoms with Gasteiger partial charge in [0.25, 0.3) is 0 Å². The molecular formula is C23H25F2N3O. The van der Waals surface area contributed by atoms with E-state index < -0.39 is 11.6 Å². The maximum Gasteiger partial charge on any atom is 0.157 e. The Kier molecular flexibility index (Phi) is 4.54. The smallest absolute Gasteiger partial charge is 0.157 e. The Morgan fingerprint density at radius 1 is 1.10 bits per heavy atom. The number of rotatable bonds is 1. The summed E-state index contributed by atoms with van der Waals surface area (Å²) >= 11 is 0. The van der Waals surface area contributed by atoms with Gasteiger partial charge in [-0.1, -0.05) is 35.5 Å². The third-order valence-corrected chi connectivity index (χ3v) is 6.43. The minimum Gasteiger partial charge on any atom is -0.386 e. The highest BCUT2D eigenvalue weighted by Gasteiger charge is 2.45. The standard InChI is InChI=1S/C23H25F2N3O/c1-27-11-4-10-23(15-27)14-21(26-29-23)28-12-9-16-5-2-3-6-18(16)22(28)19-8-7-17(24)13-20(19)25/h2-3,5-8,13,22H,4,9-12,14-15H2,1H3/t22-,23-/m1/s1. The van der Waals surface area contributed by atoms with E-state index >= 15 is 0 Å². The molecule has 0 amide bonds. The van der Waals surface area contributed by atoms with Gasteiger partial charge in [-0.2, -0.15) is 0 Å². The quantitative estimate of drug-likeness (QED) is 0.725. The molecule has 5 rings (SSSR count). The number of hydrogen-bond acceptors (Lipinski definition) is 4. The second-order valence-corrected chi connectivity index (χ2v) is 8.51. The number of likely N-dealkylation sites (N-methyl/N-ethyl adjacent to an activating group) is 1. The molecule has 0 aliphatic carbocycles. The van der Waals surface area contributed by atoms with E-state index in [-0.39, 0.29) is 11.6 Å². The normalized spacial score (nSPS) is 26.9. The van der Waals surface area contributed by atoms with Gasteiger partial charge in [0.2, 0.25) is 0 Å². The Bertz CT molecular complexity index is 963. The van der Waals surface area contributed by atoms with Crippen LogP contribution in [-0.2, 0) is 11.3 Å². The average molecular weight is 397 g/mol. The molecule has 1 saturated heterocycles. The zero-order chi connectivity index (χ0) is 20.0. The molecule has 2 aromatic carbocycles.